The molecule has 1 atom stereocenters. The second-order valence-corrected chi connectivity index (χ2v) is 6.03. The zero-order valence-corrected chi connectivity index (χ0v) is 11.7. The minimum Gasteiger partial charge on any atom is -0.396 e. The number of hydrogen-bond acceptors (Lipinski definition) is 4. The summed E-state index contributed by atoms with van der Waals surface area (Å²) in [5.74, 6) is 0.775. The third-order valence-corrected chi connectivity index (χ3v) is 4.17. The van der Waals surface area contributed by atoms with E-state index in [1.54, 1.807) is 5.51 Å². The molecule has 1 saturated carbocycles. The van der Waals surface area contributed by atoms with Crippen LogP contribution < -0.4 is 5.32 Å². The van der Waals surface area contributed by atoms with Gasteiger partial charge in [0.15, 0.2) is 0 Å². The molecule has 0 bridgehead atoms. The van der Waals surface area contributed by atoms with Crippen LogP contribution in [0.15, 0.2) is 5.51 Å². The van der Waals surface area contributed by atoms with Crippen LogP contribution >= 0.6 is 11.3 Å². The van der Waals surface area contributed by atoms with E-state index in [0.29, 0.717) is 18.3 Å². The highest BCUT2D eigenvalue weighted by atomic mass is 32.1. The van der Waals surface area contributed by atoms with Crippen molar-refractivity contribution in [3.8, 4) is 0 Å². The van der Waals surface area contributed by atoms with E-state index in [4.69, 9.17) is 5.11 Å². The van der Waals surface area contributed by atoms with Gasteiger partial charge in [0.05, 0.1) is 11.2 Å². The van der Waals surface area contributed by atoms with Gasteiger partial charge in [0.2, 0.25) is 0 Å². The zero-order chi connectivity index (χ0) is 13.1. The highest BCUT2D eigenvalue weighted by Gasteiger charge is 2.31. The first-order valence-corrected chi connectivity index (χ1v) is 7.36. The predicted octanol–water partition coefficient (Wildman–Crippen LogP) is 2.16. The summed E-state index contributed by atoms with van der Waals surface area (Å²) in [5, 5.41) is 12.0. The second-order valence-electron chi connectivity index (χ2n) is 5.18. The van der Waals surface area contributed by atoms with Gasteiger partial charge in [-0.1, -0.05) is 13.8 Å². The highest BCUT2D eigenvalue weighted by molar-refractivity contribution is 7.11. The first-order valence-electron chi connectivity index (χ1n) is 6.48. The number of aliphatic hydroxyl groups is 1. The van der Waals surface area contributed by atoms with Crippen molar-refractivity contribution in [1.29, 1.82) is 0 Å². The maximum atomic E-state index is 12.2. The van der Waals surface area contributed by atoms with Crippen molar-refractivity contribution in [2.24, 2.45) is 5.92 Å². The predicted molar refractivity (Wildman–Crippen MR) is 71.9 cm³/mol. The molecule has 4 nitrogen and oxygen atoms in total. The van der Waals surface area contributed by atoms with Crippen molar-refractivity contribution in [3.63, 3.8) is 0 Å². The molecular formula is C13H20N2O2S. The van der Waals surface area contributed by atoms with Crippen LogP contribution in [0, 0.1) is 5.92 Å². The Morgan fingerprint density at radius 1 is 1.61 bits per heavy atom. The van der Waals surface area contributed by atoms with Gasteiger partial charge in [-0.15, -0.1) is 11.3 Å². The lowest BCUT2D eigenvalue weighted by Gasteiger charge is -2.21. The molecule has 5 heteroatoms. The first-order chi connectivity index (χ1) is 8.63. The van der Waals surface area contributed by atoms with Crippen molar-refractivity contribution >= 4 is 17.2 Å². The molecule has 0 saturated heterocycles. The third kappa shape index (κ3) is 3.09. The minimum absolute atomic E-state index is 0.0247. The van der Waals surface area contributed by atoms with Gasteiger partial charge >= 0.3 is 0 Å². The van der Waals surface area contributed by atoms with Crippen LogP contribution in [0.3, 0.4) is 0 Å². The van der Waals surface area contributed by atoms with Crippen molar-refractivity contribution in [3.05, 3.63) is 16.1 Å². The molecule has 18 heavy (non-hydrogen) atoms. The summed E-state index contributed by atoms with van der Waals surface area (Å²) in [6.07, 6.45) is 2.89. The molecule has 0 radical (unpaired) electrons. The van der Waals surface area contributed by atoms with E-state index in [-0.39, 0.29) is 18.6 Å². The topological polar surface area (TPSA) is 62.2 Å². The van der Waals surface area contributed by atoms with Gasteiger partial charge in [-0.25, -0.2) is 4.98 Å². The lowest BCUT2D eigenvalue weighted by molar-refractivity contribution is 0.0919. The lowest BCUT2D eigenvalue weighted by Crippen LogP contribution is -2.39. The van der Waals surface area contributed by atoms with Gasteiger partial charge < -0.3 is 10.4 Å². The molecule has 2 rings (SSSR count). The first kappa shape index (κ1) is 13.5. The number of nitrogens with zero attached hydrogens (tertiary/aromatic N) is 1. The number of carbonyl (C=O) groups excluding carboxylic acids is 1. The standard InChI is InChI=1S/C13H20N2O2S/c1-8(2)10(5-6-16)15-13(17)12-11(9-3-4-9)14-7-18-12/h7-10,16H,3-6H2,1-2H3,(H,15,17). The largest absolute Gasteiger partial charge is 0.396 e. The van der Waals surface area contributed by atoms with Crippen molar-refractivity contribution < 1.29 is 9.90 Å². The summed E-state index contributed by atoms with van der Waals surface area (Å²) >= 11 is 1.41. The highest BCUT2D eigenvalue weighted by Crippen LogP contribution is 2.41. The summed E-state index contributed by atoms with van der Waals surface area (Å²) in [6.45, 7) is 4.20. The summed E-state index contributed by atoms with van der Waals surface area (Å²) < 4.78 is 0. The van der Waals surface area contributed by atoms with E-state index < -0.39 is 0 Å². The Labute approximate surface area is 111 Å². The Bertz CT molecular complexity index is 413. The Morgan fingerprint density at radius 2 is 2.33 bits per heavy atom. The monoisotopic (exact) mass is 268 g/mol. The van der Waals surface area contributed by atoms with Crippen LogP contribution in [0.2, 0.25) is 0 Å². The van der Waals surface area contributed by atoms with Gasteiger partial charge in [-0.3, -0.25) is 4.79 Å². The maximum absolute atomic E-state index is 12.2. The van der Waals surface area contributed by atoms with Crippen LogP contribution in [0.1, 0.15) is 54.4 Å². The average molecular weight is 268 g/mol. The van der Waals surface area contributed by atoms with Crippen LogP contribution in [-0.2, 0) is 0 Å². The second kappa shape index (κ2) is 5.80. The molecule has 2 N–H and O–H groups in total. The van der Waals surface area contributed by atoms with E-state index >= 15 is 0 Å². The van der Waals surface area contributed by atoms with Gasteiger partial charge in [-0.05, 0) is 25.2 Å². The number of aliphatic hydroxyl groups excluding tert-OH is 1. The molecule has 1 aromatic heterocycles. The maximum Gasteiger partial charge on any atom is 0.263 e. The molecule has 0 aromatic carbocycles. The summed E-state index contributed by atoms with van der Waals surface area (Å²) in [6, 6.07) is 0.0247. The molecule has 1 aromatic rings. The molecule has 1 amide bonds. The normalized spacial score (nSPS) is 16.9. The van der Waals surface area contributed by atoms with Crippen molar-refractivity contribution in [2.45, 2.75) is 45.1 Å². The molecule has 1 heterocycles. The average Bonchev–Trinajstić information content (AvgIpc) is 3.06. The molecule has 1 aliphatic rings. The van der Waals surface area contributed by atoms with E-state index in [1.807, 2.05) is 0 Å². The fourth-order valence-corrected chi connectivity index (χ4v) is 2.80. The molecule has 0 spiro atoms. The number of nitrogens with one attached hydrogen (secondary N) is 1. The number of carbonyl (C=O) groups is 1. The Kier molecular flexibility index (Phi) is 4.35. The van der Waals surface area contributed by atoms with Gasteiger partial charge in [-0.2, -0.15) is 0 Å². The Balaban J connectivity index is 2.03. The number of hydrogen-bond donors (Lipinski definition) is 2. The SMILES string of the molecule is CC(C)C(CCO)NC(=O)c1scnc1C1CC1. The molecular weight excluding hydrogens is 248 g/mol. The van der Waals surface area contributed by atoms with Gasteiger partial charge in [0.1, 0.15) is 4.88 Å². The van der Waals surface area contributed by atoms with Gasteiger partial charge in [0, 0.05) is 18.6 Å². The number of amides is 1. The summed E-state index contributed by atoms with van der Waals surface area (Å²) in [7, 11) is 0. The fraction of sp³-hybridized carbons (Fsp3) is 0.692. The Hall–Kier alpha value is -0.940. The quantitative estimate of drug-likeness (QED) is 0.831. The number of rotatable bonds is 6. The molecule has 1 aliphatic carbocycles. The van der Waals surface area contributed by atoms with E-state index in [9.17, 15) is 4.79 Å². The smallest absolute Gasteiger partial charge is 0.263 e. The molecule has 100 valence electrons. The fourth-order valence-electron chi connectivity index (χ4n) is 2.02. The van der Waals surface area contributed by atoms with E-state index in [0.717, 1.165) is 23.4 Å². The summed E-state index contributed by atoms with van der Waals surface area (Å²) in [5.41, 5.74) is 2.71. The number of aromatic nitrogens is 1. The molecule has 0 aliphatic heterocycles. The summed E-state index contributed by atoms with van der Waals surface area (Å²) in [4.78, 5) is 17.3. The third-order valence-electron chi connectivity index (χ3n) is 3.33. The van der Waals surface area contributed by atoms with Crippen molar-refractivity contribution in [1.82, 2.24) is 10.3 Å². The molecule has 1 fully saturated rings. The van der Waals surface area contributed by atoms with Crippen LogP contribution in [0.4, 0.5) is 0 Å². The van der Waals surface area contributed by atoms with E-state index in [1.165, 1.54) is 11.3 Å². The van der Waals surface area contributed by atoms with E-state index in [2.05, 4.69) is 24.1 Å². The minimum atomic E-state index is -0.0356. The van der Waals surface area contributed by atoms with Crippen LogP contribution in [-0.4, -0.2) is 28.6 Å². The van der Waals surface area contributed by atoms with Crippen LogP contribution in [0.25, 0.3) is 0 Å². The molecule has 1 unspecified atom stereocenters. The Morgan fingerprint density at radius 3 is 2.89 bits per heavy atom. The zero-order valence-electron chi connectivity index (χ0n) is 10.8. The van der Waals surface area contributed by atoms with Crippen LogP contribution in [0.5, 0.6) is 0 Å². The number of thiazole rings is 1. The van der Waals surface area contributed by atoms with Crippen molar-refractivity contribution in [2.75, 3.05) is 6.61 Å². The van der Waals surface area contributed by atoms with Gasteiger partial charge in [0.25, 0.3) is 5.91 Å². The lowest BCUT2D eigenvalue weighted by atomic mass is 10.0.